The molecule has 1 saturated heterocycles. The fraction of sp³-hybridized carbons (Fsp3) is 0.267. The summed E-state index contributed by atoms with van der Waals surface area (Å²) in [5.41, 5.74) is 7.06. The van der Waals surface area contributed by atoms with Gasteiger partial charge in [0, 0.05) is 36.9 Å². The first-order valence-corrected chi connectivity index (χ1v) is 15.7. The number of carbonyl (C=O) groups is 3. The van der Waals surface area contributed by atoms with Crippen LogP contribution in [0.25, 0.3) is 16.7 Å². The van der Waals surface area contributed by atoms with E-state index in [0.29, 0.717) is 25.2 Å². The molecule has 6 rings (SSSR count). The maximum absolute atomic E-state index is 13.3. The molecule has 2 amide bonds. The second-order valence-electron chi connectivity index (χ2n) is 10.5. The van der Waals surface area contributed by atoms with Crippen molar-refractivity contribution in [1.29, 1.82) is 0 Å². The Morgan fingerprint density at radius 1 is 1.10 bits per heavy atom. The first kappa shape index (κ1) is 27.6. The molecule has 1 aliphatic heterocycles. The molecule has 1 fully saturated rings. The Labute approximate surface area is 245 Å². The topological polar surface area (TPSA) is 136 Å². The third-order valence-electron chi connectivity index (χ3n) is 7.76. The minimum absolute atomic E-state index is 0.0851. The normalized spacial score (nSPS) is 14.9. The fourth-order valence-electron chi connectivity index (χ4n) is 5.61. The highest BCUT2D eigenvalue weighted by Crippen LogP contribution is 2.26. The molecule has 218 valence electrons. The van der Waals surface area contributed by atoms with Gasteiger partial charge in [-0.2, -0.15) is 4.98 Å². The standard InChI is InChI=1S/C30H32N6O5S/c1-41-34-27(38)24-17-36(22-9-8-19-5-3-6-20(19)15-22)26-23(25(24)37)16-31-30(33-26)32-21-7-2-4-18(14-21)10-11-35-12-13-42-29(40)28(35)39/h2,4,7-9,14-17H,3,5-6,10-13H2,1H3,42H4,(H,34,38)(H,31,32,33). The monoisotopic (exact) mass is 588 g/mol. The third kappa shape index (κ3) is 5.50. The summed E-state index contributed by atoms with van der Waals surface area (Å²) in [5.74, 6) is 0.116. The van der Waals surface area contributed by atoms with Crippen molar-refractivity contribution in [2.75, 3.05) is 31.3 Å². The van der Waals surface area contributed by atoms with E-state index in [2.05, 4.69) is 27.9 Å². The van der Waals surface area contributed by atoms with Crippen LogP contribution in [0.2, 0.25) is 0 Å². The Morgan fingerprint density at radius 2 is 1.95 bits per heavy atom. The number of benzene rings is 2. The van der Waals surface area contributed by atoms with E-state index in [9.17, 15) is 19.2 Å². The van der Waals surface area contributed by atoms with Crippen LogP contribution in [-0.4, -0.2) is 62.3 Å². The molecule has 0 atom stereocenters. The molecule has 2 aromatic heterocycles. The second-order valence-corrected chi connectivity index (χ2v) is 12.4. The zero-order valence-electron chi connectivity index (χ0n) is 23.2. The number of aromatic nitrogens is 3. The van der Waals surface area contributed by atoms with Crippen LogP contribution in [0.15, 0.2) is 59.7 Å². The van der Waals surface area contributed by atoms with Crippen molar-refractivity contribution in [3.63, 3.8) is 0 Å². The zero-order chi connectivity index (χ0) is 29.2. The molecule has 0 saturated carbocycles. The van der Waals surface area contributed by atoms with Crippen LogP contribution in [0.5, 0.6) is 0 Å². The molecule has 4 aromatic rings. The smallest absolute Gasteiger partial charge is 0.297 e. The Balaban J connectivity index is 1.32. The predicted octanol–water partition coefficient (Wildman–Crippen LogP) is 1.88. The van der Waals surface area contributed by atoms with Crippen molar-refractivity contribution in [3.8, 4) is 5.69 Å². The summed E-state index contributed by atoms with van der Waals surface area (Å²) in [6.45, 7) is 1.14. The van der Waals surface area contributed by atoms with E-state index in [1.54, 1.807) is 9.47 Å². The lowest BCUT2D eigenvalue weighted by Crippen LogP contribution is -2.42. The van der Waals surface area contributed by atoms with Gasteiger partial charge in [-0.3, -0.25) is 24.0 Å². The van der Waals surface area contributed by atoms with Gasteiger partial charge in [0.1, 0.15) is 5.56 Å². The van der Waals surface area contributed by atoms with Crippen LogP contribution >= 0.6 is 11.8 Å². The van der Waals surface area contributed by atoms with Crippen LogP contribution in [0, 0.1) is 0 Å². The zero-order valence-corrected chi connectivity index (χ0v) is 24.6. The van der Waals surface area contributed by atoms with Gasteiger partial charge in [-0.1, -0.05) is 18.2 Å². The molecule has 2 aromatic carbocycles. The molecule has 12 heteroatoms. The highest BCUT2D eigenvalue weighted by Gasteiger charge is 2.24. The number of hydrogen-bond donors (Lipinski definition) is 2. The van der Waals surface area contributed by atoms with Crippen LogP contribution in [0.3, 0.4) is 0 Å². The molecule has 0 bridgehead atoms. The maximum atomic E-state index is 13.3. The number of hydroxylamine groups is 1. The first-order valence-electron chi connectivity index (χ1n) is 14.0. The fourth-order valence-corrected chi connectivity index (χ4v) is 6.91. The van der Waals surface area contributed by atoms with Gasteiger partial charge in [-0.15, -0.1) is 0 Å². The molecule has 11 nitrogen and oxygen atoms in total. The lowest BCUT2D eigenvalue weighted by molar-refractivity contribution is -0.140. The molecule has 42 heavy (non-hydrogen) atoms. The summed E-state index contributed by atoms with van der Waals surface area (Å²) >= 11 is -0.917. The van der Waals surface area contributed by atoms with Crippen molar-refractivity contribution in [2.45, 2.75) is 25.7 Å². The SMILES string of the molecule is CONC(=O)c1cn(-c2ccc3c(c2)CCC3)c2nc(Nc3cccc(CCN4CC[SH4]C(=O)C4=O)c3)ncc2c1=O. The summed E-state index contributed by atoms with van der Waals surface area (Å²) in [5, 5.41) is 3.23. The number of amides is 2. The van der Waals surface area contributed by atoms with Gasteiger partial charge in [0.05, 0.1) is 12.5 Å². The van der Waals surface area contributed by atoms with Crippen molar-refractivity contribution < 1.29 is 19.2 Å². The summed E-state index contributed by atoms with van der Waals surface area (Å²) in [6, 6.07) is 13.8. The van der Waals surface area contributed by atoms with Crippen LogP contribution in [0.1, 0.15) is 33.5 Å². The molecular formula is C30H32N6O5S. The molecule has 2 N–H and O–H groups in total. The minimum atomic E-state index is -0.917. The van der Waals surface area contributed by atoms with Gasteiger partial charge in [-0.05, 0) is 72.4 Å². The van der Waals surface area contributed by atoms with Gasteiger partial charge < -0.3 is 14.8 Å². The Bertz CT molecular complexity index is 1790. The van der Waals surface area contributed by atoms with E-state index in [1.165, 1.54) is 30.6 Å². The Hall–Kier alpha value is -4.55. The predicted molar refractivity (Wildman–Crippen MR) is 165 cm³/mol. The van der Waals surface area contributed by atoms with E-state index in [1.807, 2.05) is 30.3 Å². The summed E-state index contributed by atoms with van der Waals surface area (Å²) in [6.07, 6.45) is 6.62. The number of nitrogens with one attached hydrogen (secondary N) is 2. The minimum Gasteiger partial charge on any atom is -0.334 e. The van der Waals surface area contributed by atoms with Crippen LogP contribution in [-0.2, 0) is 33.7 Å². The average Bonchev–Trinajstić information content (AvgIpc) is 3.47. The first-order chi connectivity index (χ1) is 20.4. The lowest BCUT2D eigenvalue weighted by Gasteiger charge is -2.27. The van der Waals surface area contributed by atoms with Gasteiger partial charge in [0.2, 0.25) is 16.5 Å². The van der Waals surface area contributed by atoms with Crippen LogP contribution in [0.4, 0.5) is 11.6 Å². The number of fused-ring (bicyclic) bond motifs is 2. The summed E-state index contributed by atoms with van der Waals surface area (Å²) in [4.78, 5) is 65.5. The second kappa shape index (κ2) is 11.7. The highest BCUT2D eigenvalue weighted by atomic mass is 32.2. The highest BCUT2D eigenvalue weighted by molar-refractivity contribution is 8.15. The number of hydrogen-bond acceptors (Lipinski definition) is 8. The third-order valence-corrected chi connectivity index (χ3v) is 9.18. The largest absolute Gasteiger partial charge is 0.334 e. The van der Waals surface area contributed by atoms with Gasteiger partial charge in [0.15, 0.2) is 5.65 Å². The quantitative estimate of drug-likeness (QED) is 0.235. The van der Waals surface area contributed by atoms with Crippen molar-refractivity contribution in [1.82, 2.24) is 24.9 Å². The Morgan fingerprint density at radius 3 is 2.81 bits per heavy atom. The number of rotatable bonds is 8. The molecule has 3 heterocycles. The summed E-state index contributed by atoms with van der Waals surface area (Å²) < 4.78 is 1.74. The maximum Gasteiger partial charge on any atom is 0.297 e. The van der Waals surface area contributed by atoms with E-state index in [-0.39, 0.29) is 27.9 Å². The van der Waals surface area contributed by atoms with E-state index in [0.717, 1.165) is 42.0 Å². The van der Waals surface area contributed by atoms with Crippen molar-refractivity contribution in [3.05, 3.63) is 87.3 Å². The molecule has 0 unspecified atom stereocenters. The number of carbonyl (C=O) groups excluding carboxylic acids is 3. The number of aryl methyl sites for hydroxylation is 2. The van der Waals surface area contributed by atoms with Crippen molar-refractivity contribution in [2.24, 2.45) is 0 Å². The molecule has 1 aliphatic carbocycles. The molecule has 2 aliphatic rings. The van der Waals surface area contributed by atoms with Crippen LogP contribution < -0.4 is 16.2 Å². The number of pyridine rings is 1. The number of anilines is 2. The average molecular weight is 589 g/mol. The molecular weight excluding hydrogens is 556 g/mol. The molecule has 0 radical (unpaired) electrons. The van der Waals surface area contributed by atoms with E-state index >= 15 is 0 Å². The summed E-state index contributed by atoms with van der Waals surface area (Å²) in [7, 11) is 1.31. The lowest BCUT2D eigenvalue weighted by atomic mass is 10.1. The number of nitrogens with zero attached hydrogens (tertiary/aromatic N) is 4. The van der Waals surface area contributed by atoms with Gasteiger partial charge in [-0.25, -0.2) is 22.2 Å². The van der Waals surface area contributed by atoms with E-state index in [4.69, 9.17) is 9.82 Å². The van der Waals surface area contributed by atoms with Crippen molar-refractivity contribution >= 4 is 51.4 Å². The molecule has 0 spiro atoms. The van der Waals surface area contributed by atoms with Gasteiger partial charge >= 0.3 is 0 Å². The van der Waals surface area contributed by atoms with Gasteiger partial charge in [0.25, 0.3) is 11.8 Å². The van der Waals surface area contributed by atoms with E-state index < -0.39 is 23.1 Å². The Kier molecular flexibility index (Phi) is 7.72.